The predicted molar refractivity (Wildman–Crippen MR) is 234 cm³/mol. The van der Waals surface area contributed by atoms with Crippen molar-refractivity contribution >= 4 is 29.3 Å². The van der Waals surface area contributed by atoms with Gasteiger partial charge in [0.25, 0.3) is 0 Å². The Morgan fingerprint density at radius 1 is 0.667 bits per heavy atom. The summed E-state index contributed by atoms with van der Waals surface area (Å²) in [6.45, 7) is 22.0. The van der Waals surface area contributed by atoms with E-state index in [0.717, 1.165) is 115 Å². The second-order valence-corrected chi connectivity index (χ2v) is 17.7. The van der Waals surface area contributed by atoms with Crippen molar-refractivity contribution in [3.05, 3.63) is 58.7 Å². The molecular formula is C46H74N8O3. The molecule has 316 valence electrons. The molecule has 11 nitrogen and oxygen atoms in total. The quantitative estimate of drug-likeness (QED) is 0.183. The molecule has 2 saturated heterocycles. The summed E-state index contributed by atoms with van der Waals surface area (Å²) in [6.07, 6.45) is 11.2. The smallest absolute Gasteiger partial charge is 0.317 e. The van der Waals surface area contributed by atoms with Gasteiger partial charge in [0.1, 0.15) is 0 Å². The molecule has 5 amide bonds. The number of hydrogen-bond donors (Lipinski definition) is 4. The number of urea groups is 2. The minimum Gasteiger partial charge on any atom is -0.399 e. The molecule has 6 rings (SSSR count). The first-order valence-corrected chi connectivity index (χ1v) is 22.2. The summed E-state index contributed by atoms with van der Waals surface area (Å²) < 4.78 is 0. The number of likely N-dealkylation sites (N-methyl/N-ethyl adjacent to an activating group) is 2. The highest BCUT2D eigenvalue weighted by Crippen LogP contribution is 2.30. The van der Waals surface area contributed by atoms with Crippen LogP contribution in [-0.4, -0.2) is 114 Å². The van der Waals surface area contributed by atoms with Crippen LogP contribution in [0.4, 0.5) is 21.0 Å². The van der Waals surface area contributed by atoms with E-state index in [4.69, 9.17) is 5.73 Å². The number of nitrogens with zero attached hydrogens (tertiary/aromatic N) is 4. The van der Waals surface area contributed by atoms with Gasteiger partial charge < -0.3 is 41.3 Å². The summed E-state index contributed by atoms with van der Waals surface area (Å²) in [5.74, 6) is 1.32. The molecule has 5 N–H and O–H groups in total. The Labute approximate surface area is 343 Å². The van der Waals surface area contributed by atoms with Crippen molar-refractivity contribution in [2.45, 2.75) is 137 Å². The molecule has 2 atom stereocenters. The second-order valence-electron chi connectivity index (χ2n) is 17.7. The maximum Gasteiger partial charge on any atom is 0.317 e. The largest absolute Gasteiger partial charge is 0.399 e. The van der Waals surface area contributed by atoms with E-state index in [1.807, 2.05) is 49.6 Å². The van der Waals surface area contributed by atoms with Gasteiger partial charge >= 0.3 is 12.1 Å². The lowest BCUT2D eigenvalue weighted by Crippen LogP contribution is -2.48. The lowest BCUT2D eigenvalue weighted by Gasteiger charge is -2.39. The van der Waals surface area contributed by atoms with Crippen molar-refractivity contribution in [1.29, 1.82) is 0 Å². The van der Waals surface area contributed by atoms with Crippen LogP contribution in [0.3, 0.4) is 0 Å². The summed E-state index contributed by atoms with van der Waals surface area (Å²) in [5, 5.41) is 8.93. The molecule has 0 spiro atoms. The average Bonchev–Trinajstić information content (AvgIpc) is 3.18. The Bertz CT molecular complexity index is 1610. The first kappa shape index (κ1) is 44.3. The minimum absolute atomic E-state index is 0.0223. The number of nitrogen functional groups attached to an aromatic ring is 1. The highest BCUT2D eigenvalue weighted by molar-refractivity contribution is 5.88. The topological polar surface area (TPSA) is 126 Å². The fraction of sp³-hybridized carbons (Fsp3) is 0.674. The number of anilines is 2. The molecule has 2 fully saturated rings. The predicted octanol–water partition coefficient (Wildman–Crippen LogP) is 6.93. The Hall–Kier alpha value is -3.83. The van der Waals surface area contributed by atoms with Crippen molar-refractivity contribution in [1.82, 2.24) is 30.2 Å². The van der Waals surface area contributed by atoms with Crippen molar-refractivity contribution in [2.24, 2.45) is 11.8 Å². The summed E-state index contributed by atoms with van der Waals surface area (Å²) >= 11 is 0. The summed E-state index contributed by atoms with van der Waals surface area (Å²) in [5.41, 5.74) is 13.5. The highest BCUT2D eigenvalue weighted by atomic mass is 16.2. The third-order valence-corrected chi connectivity index (χ3v) is 12.6. The van der Waals surface area contributed by atoms with Gasteiger partial charge in [-0.1, -0.05) is 26.0 Å². The third kappa shape index (κ3) is 13.1. The van der Waals surface area contributed by atoms with Crippen molar-refractivity contribution in [3.63, 3.8) is 0 Å². The number of nitrogens with two attached hydrogens (primary N) is 1. The third-order valence-electron chi connectivity index (χ3n) is 12.6. The van der Waals surface area contributed by atoms with E-state index in [9.17, 15) is 14.4 Å². The van der Waals surface area contributed by atoms with Crippen LogP contribution in [-0.2, 0) is 30.5 Å². The van der Waals surface area contributed by atoms with Gasteiger partial charge in [-0.25, -0.2) is 9.59 Å². The van der Waals surface area contributed by atoms with Crippen molar-refractivity contribution in [3.8, 4) is 0 Å². The van der Waals surface area contributed by atoms with Gasteiger partial charge in [-0.15, -0.1) is 0 Å². The Balaban J connectivity index is 0.000000219. The Morgan fingerprint density at radius 3 is 1.53 bits per heavy atom. The molecule has 2 heterocycles. The van der Waals surface area contributed by atoms with Gasteiger partial charge in [0.2, 0.25) is 5.91 Å². The number of hydrogen-bond acceptors (Lipinski definition) is 6. The standard InChI is InChI=1S/C24H38N4O2.C22H36N4O/c1-5-27(16-19-10-12-28(13-11-19)24(30)25-17(2)3)23-9-7-20-6-8-22(26-18(4)29)14-21(20)15-23;1-4-25(21-8-6-18-5-7-20(23)13-19(18)14-21)15-17-9-11-26(12-10-17)22(27)24-16(2)3/h6,8,14,17,19,23H,5,7,9-13,15-16H2,1-4H3,(H,25,30)(H,26,29);5,7,13,16-17,21H,4,6,8-12,14-15,23H2,1-3H3,(H,24,27). The summed E-state index contributed by atoms with van der Waals surface area (Å²) in [7, 11) is 0. The molecule has 2 aromatic rings. The molecule has 11 heteroatoms. The van der Waals surface area contributed by atoms with Crippen LogP contribution in [0.15, 0.2) is 36.4 Å². The molecule has 2 aliphatic heterocycles. The monoisotopic (exact) mass is 787 g/mol. The van der Waals surface area contributed by atoms with E-state index in [-0.39, 0.29) is 30.1 Å². The molecule has 0 saturated carbocycles. The van der Waals surface area contributed by atoms with Gasteiger partial charge in [0.15, 0.2) is 0 Å². The molecule has 57 heavy (non-hydrogen) atoms. The SMILES string of the molecule is CCN(CC1CCN(C(=O)NC(C)C)CC1)C1CCc2ccc(N)cc2C1.CCN(CC1CCN(C(=O)NC(C)C)CC1)C1CCc2ccc(NC(C)=O)cc2C1. The van der Waals surface area contributed by atoms with Crippen LogP contribution in [0.2, 0.25) is 0 Å². The van der Waals surface area contributed by atoms with Crippen molar-refractivity contribution in [2.75, 3.05) is 63.4 Å². The van der Waals surface area contributed by atoms with Gasteiger partial charge in [0.05, 0.1) is 0 Å². The molecule has 4 aliphatic rings. The molecule has 2 aliphatic carbocycles. The lowest BCUT2D eigenvalue weighted by atomic mass is 9.86. The van der Waals surface area contributed by atoms with Crippen LogP contribution in [0.5, 0.6) is 0 Å². The molecule has 2 unspecified atom stereocenters. The maximum absolute atomic E-state index is 12.2. The summed E-state index contributed by atoms with van der Waals surface area (Å²) in [6, 6.07) is 14.5. The van der Waals surface area contributed by atoms with E-state index >= 15 is 0 Å². The lowest BCUT2D eigenvalue weighted by molar-refractivity contribution is -0.114. The fourth-order valence-corrected chi connectivity index (χ4v) is 9.45. The van der Waals surface area contributed by atoms with Crippen molar-refractivity contribution < 1.29 is 14.4 Å². The number of fused-ring (bicyclic) bond motifs is 2. The highest BCUT2D eigenvalue weighted by Gasteiger charge is 2.30. The van der Waals surface area contributed by atoms with Crippen LogP contribution < -0.4 is 21.7 Å². The molecular weight excluding hydrogens is 713 g/mol. The maximum atomic E-state index is 12.2. The number of amides is 5. The van der Waals surface area contributed by atoms with Crippen LogP contribution in [0, 0.1) is 11.8 Å². The number of nitrogens with one attached hydrogen (secondary N) is 3. The van der Waals surface area contributed by atoms with Gasteiger partial charge in [-0.2, -0.15) is 0 Å². The van der Waals surface area contributed by atoms with E-state index in [1.54, 1.807) is 6.92 Å². The Morgan fingerprint density at radius 2 is 1.11 bits per heavy atom. The first-order valence-electron chi connectivity index (χ1n) is 22.2. The van der Waals surface area contributed by atoms with E-state index in [2.05, 4.69) is 63.9 Å². The number of carbonyl (C=O) groups is 3. The number of likely N-dealkylation sites (tertiary alicyclic amines) is 2. The normalized spacial score (nSPS) is 20.2. The van der Waals surface area contributed by atoms with Gasteiger partial charge in [-0.05, 0) is 163 Å². The number of benzene rings is 2. The minimum atomic E-state index is -0.0223. The number of rotatable bonds is 11. The van der Waals surface area contributed by atoms with E-state index in [0.29, 0.717) is 23.9 Å². The number of carbonyl (C=O) groups excluding carboxylic acids is 3. The van der Waals surface area contributed by atoms with Gasteiger partial charge in [0, 0.05) is 81.7 Å². The van der Waals surface area contributed by atoms with Crippen LogP contribution in [0.1, 0.15) is 109 Å². The van der Waals surface area contributed by atoms with E-state index in [1.165, 1.54) is 35.1 Å². The Kier molecular flexibility index (Phi) is 16.5. The molecule has 0 bridgehead atoms. The zero-order valence-corrected chi connectivity index (χ0v) is 36.2. The molecule has 0 aromatic heterocycles. The average molecular weight is 787 g/mol. The summed E-state index contributed by atoms with van der Waals surface area (Å²) in [4.78, 5) is 45.1. The zero-order chi connectivity index (χ0) is 41.1. The molecule has 0 radical (unpaired) electrons. The number of piperidine rings is 2. The van der Waals surface area contributed by atoms with Gasteiger partial charge in [-0.3, -0.25) is 4.79 Å². The first-order chi connectivity index (χ1) is 27.3. The second kappa shape index (κ2) is 21.3. The fourth-order valence-electron chi connectivity index (χ4n) is 9.45. The zero-order valence-electron chi connectivity index (χ0n) is 36.2. The van der Waals surface area contributed by atoms with E-state index < -0.39 is 0 Å². The van der Waals surface area contributed by atoms with Crippen LogP contribution in [0.25, 0.3) is 0 Å². The number of aryl methyl sites for hydroxylation is 2. The molecule has 2 aromatic carbocycles. The van der Waals surface area contributed by atoms with Crippen LogP contribution >= 0.6 is 0 Å².